The molecular formula is C50H35O6Tl. The summed E-state index contributed by atoms with van der Waals surface area (Å²) in [6, 6.07) is 38.3. The summed E-state index contributed by atoms with van der Waals surface area (Å²) in [4.78, 5) is 0. The molecule has 0 bridgehead atoms. The Bertz CT molecular complexity index is 3040. The van der Waals surface area contributed by atoms with E-state index in [-0.39, 0.29) is 28.9 Å². The predicted octanol–water partition coefficient (Wildman–Crippen LogP) is 10.4. The number of rotatable bonds is 6. The second kappa shape index (κ2) is 13.6. The molecule has 2 atom stereocenters. The third-order valence-corrected chi connectivity index (χ3v) is 20.4. The fraction of sp³-hybridized carbons (Fsp3) is 0.0800. The van der Waals surface area contributed by atoms with Crippen molar-refractivity contribution in [2.45, 2.75) is 16.5 Å². The first-order chi connectivity index (χ1) is 27.7. The van der Waals surface area contributed by atoms with Crippen molar-refractivity contribution < 1.29 is 27.9 Å². The summed E-state index contributed by atoms with van der Waals surface area (Å²) in [6.45, 7) is 2.07. The molecule has 7 aromatic rings. The van der Waals surface area contributed by atoms with Crippen LogP contribution in [0.2, 0.25) is 3.98 Å². The minimum absolute atomic E-state index is 0.146. The molecule has 0 saturated heterocycles. The van der Waals surface area contributed by atoms with Gasteiger partial charge in [-0.3, -0.25) is 0 Å². The first-order valence-corrected chi connectivity index (χ1v) is 26.2. The predicted molar refractivity (Wildman–Crippen MR) is 228 cm³/mol. The number of benzene rings is 7. The van der Waals surface area contributed by atoms with Gasteiger partial charge in [-0.15, -0.1) is 0 Å². The molecule has 0 radical (unpaired) electrons. The van der Waals surface area contributed by atoms with Gasteiger partial charge in [0.25, 0.3) is 0 Å². The second-order valence-corrected chi connectivity index (χ2v) is 23.7. The van der Waals surface area contributed by atoms with Gasteiger partial charge in [-0.1, -0.05) is 48.5 Å². The van der Waals surface area contributed by atoms with Crippen LogP contribution in [0.15, 0.2) is 163 Å². The van der Waals surface area contributed by atoms with Gasteiger partial charge in [-0.2, -0.15) is 0 Å². The molecule has 10 rings (SSSR count). The molecule has 0 spiro atoms. The number of allylic oxidation sites excluding steroid dienone is 4. The number of aliphatic hydroxyl groups excluding tert-OH is 1. The van der Waals surface area contributed by atoms with Crippen molar-refractivity contribution in [3.63, 3.8) is 0 Å². The maximum absolute atomic E-state index is 11.6. The zero-order valence-electron chi connectivity index (χ0n) is 30.9. The summed E-state index contributed by atoms with van der Waals surface area (Å²) in [5, 5.41) is 48.6. The number of aromatic hydroxyl groups is 3. The van der Waals surface area contributed by atoms with Crippen LogP contribution in [0.1, 0.15) is 18.1 Å². The Morgan fingerprint density at radius 2 is 1.47 bits per heavy atom. The molecule has 6 nitrogen and oxygen atoms in total. The van der Waals surface area contributed by atoms with Crippen molar-refractivity contribution in [1.29, 1.82) is 0 Å². The molecule has 57 heavy (non-hydrogen) atoms. The van der Waals surface area contributed by atoms with Gasteiger partial charge in [0.05, 0.1) is 0 Å². The van der Waals surface area contributed by atoms with Gasteiger partial charge in [0.1, 0.15) is 11.5 Å². The quantitative estimate of drug-likeness (QED) is 0.0980. The fourth-order valence-corrected chi connectivity index (χ4v) is 16.7. The molecule has 2 unspecified atom stereocenters. The number of phenols is 3. The van der Waals surface area contributed by atoms with Crippen LogP contribution < -0.4 is 10.5 Å². The van der Waals surface area contributed by atoms with E-state index in [1.165, 1.54) is 3.12 Å². The molecule has 7 aromatic carbocycles. The van der Waals surface area contributed by atoms with Gasteiger partial charge in [0.2, 0.25) is 0 Å². The first-order valence-electron chi connectivity index (χ1n) is 18.9. The Labute approximate surface area is 338 Å². The molecule has 7 heteroatoms. The summed E-state index contributed by atoms with van der Waals surface area (Å²) < 4.78 is 15.7. The Balaban J connectivity index is 0.976. The molecule has 0 fully saturated rings. The molecule has 3 aliphatic rings. The van der Waals surface area contributed by atoms with Gasteiger partial charge < -0.3 is 15.3 Å². The number of hydrogen-bond donors (Lipinski definition) is 4. The molecule has 1 aliphatic heterocycles. The van der Waals surface area contributed by atoms with E-state index in [0.29, 0.717) is 16.9 Å². The van der Waals surface area contributed by atoms with Crippen molar-refractivity contribution in [3.8, 4) is 51.7 Å². The maximum atomic E-state index is 11.6. The Morgan fingerprint density at radius 1 is 0.719 bits per heavy atom. The standard InChI is InChI=1S/C41H30O5.C9H6O.Tl/c1-41(46-27-14-16-29-25(23-27)7-3-12-36(29)43)21-5-11-34-35(41)18-20-38(45)40(34)33-10-4-9-32-30(33)17-19-37(44)39(32)31-8-2-6-24-22-26(42)13-15-28(24)31;1-2-4-8-5-3-6-9(10)7-8;/h2-23,35,42-45H,1H3;3,6-7,10H,1H2;/q;;+1/p-1. The summed E-state index contributed by atoms with van der Waals surface area (Å²) in [5.41, 5.74) is 4.10. The SMILES string of the molecule is CC1(Oc2ccc3c([O][Tl]4[CH2]C#Cc5cc(O)cc[c]54)cccc3c2)C=CC=C2C(c3cccc4c(-c5cccc6cc(O)ccc56)c(O)ccc34)=C(O)C=CC21. The van der Waals surface area contributed by atoms with Gasteiger partial charge in [-0.25, -0.2) is 0 Å². The molecule has 0 saturated carbocycles. The normalized spacial score (nSPS) is 18.2. The number of fused-ring (bicyclic) bond motifs is 5. The van der Waals surface area contributed by atoms with Crippen LogP contribution in [0, 0.1) is 17.8 Å². The molecule has 4 N–H and O–H groups in total. The van der Waals surface area contributed by atoms with Gasteiger partial charge in [-0.05, 0) is 45.3 Å². The summed E-state index contributed by atoms with van der Waals surface area (Å²) in [7, 11) is 0. The van der Waals surface area contributed by atoms with Crippen LogP contribution >= 0.6 is 0 Å². The molecule has 0 amide bonds. The fourth-order valence-electron chi connectivity index (χ4n) is 8.73. The Morgan fingerprint density at radius 3 is 2.37 bits per heavy atom. The topological polar surface area (TPSA) is 99.4 Å². The van der Waals surface area contributed by atoms with Gasteiger partial charge in [0, 0.05) is 5.56 Å². The molecule has 2 aliphatic carbocycles. The van der Waals surface area contributed by atoms with Crippen LogP contribution in [-0.2, 0) is 0 Å². The average Bonchev–Trinajstić information content (AvgIpc) is 3.20. The van der Waals surface area contributed by atoms with Crippen molar-refractivity contribution >= 4 is 64.2 Å². The average molecular weight is 936 g/mol. The molecular weight excluding hydrogens is 901 g/mol. The first kappa shape index (κ1) is 35.0. The molecule has 0 aromatic heterocycles. The molecule has 1 heterocycles. The summed E-state index contributed by atoms with van der Waals surface area (Å²) in [6.07, 6.45) is 9.89. The van der Waals surface area contributed by atoms with Crippen LogP contribution in [0.4, 0.5) is 0 Å². The van der Waals surface area contributed by atoms with Gasteiger partial charge in [0.15, 0.2) is 0 Å². The van der Waals surface area contributed by atoms with E-state index in [0.717, 1.165) is 64.3 Å². The third kappa shape index (κ3) is 6.01. The molecule has 274 valence electrons. The van der Waals surface area contributed by atoms with E-state index in [4.69, 9.17) is 7.42 Å². The van der Waals surface area contributed by atoms with E-state index in [2.05, 4.69) is 43.0 Å². The number of phenolic OH excluding ortho intramolecular Hbond substituents is 3. The summed E-state index contributed by atoms with van der Waals surface area (Å²) >= 11 is -2.92. The second-order valence-electron chi connectivity index (χ2n) is 15.0. The number of aliphatic hydroxyl groups is 1. The van der Waals surface area contributed by atoms with Crippen LogP contribution in [0.25, 0.3) is 49.0 Å². The Kier molecular flexibility index (Phi) is 8.38. The van der Waals surface area contributed by atoms with Crippen molar-refractivity contribution in [1.82, 2.24) is 0 Å². The van der Waals surface area contributed by atoms with E-state index >= 15 is 0 Å². The van der Waals surface area contributed by atoms with Crippen molar-refractivity contribution in [2.24, 2.45) is 5.92 Å². The monoisotopic (exact) mass is 936 g/mol. The van der Waals surface area contributed by atoms with E-state index < -0.39 is 28.8 Å². The van der Waals surface area contributed by atoms with Crippen LogP contribution in [-0.4, -0.2) is 49.2 Å². The van der Waals surface area contributed by atoms with E-state index in [1.807, 2.05) is 91.0 Å². The number of ether oxygens (including phenoxy) is 1. The van der Waals surface area contributed by atoms with E-state index in [9.17, 15) is 20.4 Å². The van der Waals surface area contributed by atoms with Crippen LogP contribution in [0.5, 0.6) is 28.7 Å². The zero-order chi connectivity index (χ0) is 38.8. The van der Waals surface area contributed by atoms with Gasteiger partial charge >= 0.3 is 214 Å². The van der Waals surface area contributed by atoms with E-state index in [1.54, 1.807) is 36.4 Å². The third-order valence-electron chi connectivity index (χ3n) is 11.4. The van der Waals surface area contributed by atoms with Crippen molar-refractivity contribution in [3.05, 3.63) is 174 Å². The number of hydrogen-bond acceptors (Lipinski definition) is 6. The minimum atomic E-state index is -2.92. The Hall–Kier alpha value is -6.44. The zero-order valence-corrected chi connectivity index (χ0v) is 35.4. The van der Waals surface area contributed by atoms with Crippen molar-refractivity contribution in [2.75, 3.05) is 0 Å². The van der Waals surface area contributed by atoms with Crippen LogP contribution in [0.3, 0.4) is 0 Å². The summed E-state index contributed by atoms with van der Waals surface area (Å²) in [5.74, 6) is 8.45.